The van der Waals surface area contributed by atoms with E-state index in [4.69, 9.17) is 4.74 Å². The smallest absolute Gasteiger partial charge is 0.124 e. The van der Waals surface area contributed by atoms with Crippen molar-refractivity contribution in [2.45, 2.75) is 62.3 Å². The van der Waals surface area contributed by atoms with Crippen LogP contribution >= 0.6 is 0 Å². The van der Waals surface area contributed by atoms with Gasteiger partial charge in [0, 0.05) is 0 Å². The molecule has 3 aliphatic rings. The van der Waals surface area contributed by atoms with E-state index in [1.807, 2.05) is 0 Å². The normalized spacial score (nSPS) is 57.2. The molecule has 0 bridgehead atoms. The largest absolute Gasteiger partial charge is 0.390 e. The van der Waals surface area contributed by atoms with E-state index in [2.05, 4.69) is 0 Å². The monoisotopic (exact) mass is 168 g/mol. The quantitative estimate of drug-likeness (QED) is 0.557. The Bertz CT molecular complexity index is 212. The molecule has 1 heterocycles. The molecule has 3 rings (SSSR count). The highest BCUT2D eigenvalue weighted by molar-refractivity contribution is 5.22. The van der Waals surface area contributed by atoms with E-state index in [0.717, 1.165) is 19.3 Å². The standard InChI is InChI=1S/C10H16O2/c11-8-4-3-6-9-5-1-2-7-10(8,9)12-9/h8,11H,1-7H2. The molecule has 2 nitrogen and oxygen atoms in total. The van der Waals surface area contributed by atoms with Crippen LogP contribution in [-0.4, -0.2) is 22.4 Å². The van der Waals surface area contributed by atoms with Crippen molar-refractivity contribution in [3.63, 3.8) is 0 Å². The van der Waals surface area contributed by atoms with Crippen molar-refractivity contribution in [1.29, 1.82) is 0 Å². The van der Waals surface area contributed by atoms with Crippen molar-refractivity contribution >= 4 is 0 Å². The molecule has 12 heavy (non-hydrogen) atoms. The third-order valence-corrected chi connectivity index (χ3v) is 4.08. The Morgan fingerprint density at radius 2 is 1.83 bits per heavy atom. The lowest BCUT2D eigenvalue weighted by Crippen LogP contribution is -2.43. The summed E-state index contributed by atoms with van der Waals surface area (Å²) in [5.41, 5.74) is 0.0758. The Kier molecular flexibility index (Phi) is 1.25. The van der Waals surface area contributed by atoms with Gasteiger partial charge in [0.25, 0.3) is 0 Å². The van der Waals surface area contributed by atoms with Crippen molar-refractivity contribution in [1.82, 2.24) is 0 Å². The fourth-order valence-corrected chi connectivity index (χ4v) is 3.40. The topological polar surface area (TPSA) is 32.8 Å². The molecular formula is C10H16O2. The average Bonchev–Trinajstić information content (AvgIpc) is 2.75. The lowest BCUT2D eigenvalue weighted by atomic mass is 9.69. The predicted octanol–water partition coefficient (Wildman–Crippen LogP) is 1.61. The maximum absolute atomic E-state index is 9.88. The Balaban J connectivity index is 1.92. The fraction of sp³-hybridized carbons (Fsp3) is 1.00. The molecule has 3 fully saturated rings. The summed E-state index contributed by atoms with van der Waals surface area (Å²) in [4.78, 5) is 0. The second-order valence-electron chi connectivity index (χ2n) is 4.60. The summed E-state index contributed by atoms with van der Waals surface area (Å²) in [7, 11) is 0. The van der Waals surface area contributed by atoms with Gasteiger partial charge in [-0.1, -0.05) is 12.8 Å². The molecule has 0 radical (unpaired) electrons. The minimum absolute atomic E-state index is 0.0660. The van der Waals surface area contributed by atoms with Crippen molar-refractivity contribution in [3.05, 3.63) is 0 Å². The molecule has 0 aromatic rings. The van der Waals surface area contributed by atoms with Crippen LogP contribution in [0.15, 0.2) is 0 Å². The summed E-state index contributed by atoms with van der Waals surface area (Å²) in [5, 5.41) is 9.88. The van der Waals surface area contributed by atoms with E-state index in [1.165, 1.54) is 25.7 Å². The van der Waals surface area contributed by atoms with E-state index in [1.54, 1.807) is 0 Å². The Morgan fingerprint density at radius 3 is 2.67 bits per heavy atom. The van der Waals surface area contributed by atoms with Crippen LogP contribution < -0.4 is 0 Å². The van der Waals surface area contributed by atoms with Crippen LogP contribution in [0, 0.1) is 0 Å². The van der Waals surface area contributed by atoms with Crippen molar-refractivity contribution in [2.75, 3.05) is 0 Å². The predicted molar refractivity (Wildman–Crippen MR) is 44.9 cm³/mol. The number of ether oxygens (including phenoxy) is 1. The fourth-order valence-electron chi connectivity index (χ4n) is 3.40. The summed E-state index contributed by atoms with van der Waals surface area (Å²) in [5.74, 6) is 0. The zero-order valence-corrected chi connectivity index (χ0v) is 7.38. The van der Waals surface area contributed by atoms with E-state index < -0.39 is 0 Å². The van der Waals surface area contributed by atoms with Crippen LogP contribution in [-0.2, 0) is 4.74 Å². The molecule has 0 aromatic heterocycles. The lowest BCUT2D eigenvalue weighted by Gasteiger charge is -2.32. The van der Waals surface area contributed by atoms with E-state index in [9.17, 15) is 5.11 Å². The lowest BCUT2D eigenvalue weighted by molar-refractivity contribution is 0.0515. The van der Waals surface area contributed by atoms with Crippen LogP contribution in [0.25, 0.3) is 0 Å². The summed E-state index contributed by atoms with van der Waals surface area (Å²) in [6.07, 6.45) is 8.01. The van der Waals surface area contributed by atoms with E-state index >= 15 is 0 Å². The van der Waals surface area contributed by atoms with Gasteiger partial charge in [-0.05, 0) is 32.1 Å². The van der Waals surface area contributed by atoms with Gasteiger partial charge < -0.3 is 9.84 Å². The first-order chi connectivity index (χ1) is 5.79. The Hall–Kier alpha value is -0.0800. The second-order valence-corrected chi connectivity index (χ2v) is 4.60. The first kappa shape index (κ1) is 7.34. The van der Waals surface area contributed by atoms with Crippen molar-refractivity contribution in [2.24, 2.45) is 0 Å². The molecular weight excluding hydrogens is 152 g/mol. The van der Waals surface area contributed by atoms with Gasteiger partial charge in [-0.3, -0.25) is 0 Å². The molecule has 1 aliphatic heterocycles. The summed E-state index contributed by atoms with van der Waals surface area (Å²) in [6, 6.07) is 0. The highest BCUT2D eigenvalue weighted by Crippen LogP contribution is 2.64. The third-order valence-electron chi connectivity index (χ3n) is 4.08. The summed E-state index contributed by atoms with van der Waals surface area (Å²) >= 11 is 0. The van der Waals surface area contributed by atoms with Gasteiger partial charge in [-0.25, -0.2) is 0 Å². The van der Waals surface area contributed by atoms with E-state index in [0.29, 0.717) is 0 Å². The number of aliphatic hydroxyl groups is 1. The number of hydrogen-bond acceptors (Lipinski definition) is 2. The molecule has 2 heteroatoms. The van der Waals surface area contributed by atoms with Crippen LogP contribution in [0.2, 0.25) is 0 Å². The first-order valence-electron chi connectivity index (χ1n) is 5.17. The highest BCUT2D eigenvalue weighted by atomic mass is 16.6. The SMILES string of the molecule is OC1CCCC23CCCCC12O3. The van der Waals surface area contributed by atoms with Gasteiger partial charge >= 0.3 is 0 Å². The Morgan fingerprint density at radius 1 is 1.08 bits per heavy atom. The van der Waals surface area contributed by atoms with Gasteiger partial charge in [-0.2, -0.15) is 0 Å². The van der Waals surface area contributed by atoms with Crippen LogP contribution in [0.1, 0.15) is 44.9 Å². The molecule has 1 N–H and O–H groups in total. The highest BCUT2D eigenvalue weighted by Gasteiger charge is 2.74. The minimum atomic E-state index is -0.161. The second kappa shape index (κ2) is 2.05. The summed E-state index contributed by atoms with van der Waals surface area (Å²) < 4.78 is 5.88. The molecule has 68 valence electrons. The summed E-state index contributed by atoms with van der Waals surface area (Å²) in [6.45, 7) is 0. The maximum atomic E-state index is 9.88. The average molecular weight is 168 g/mol. The third kappa shape index (κ3) is 0.647. The van der Waals surface area contributed by atoms with Gasteiger partial charge in [0.05, 0.1) is 6.10 Å². The van der Waals surface area contributed by atoms with Crippen LogP contribution in [0.3, 0.4) is 0 Å². The maximum Gasteiger partial charge on any atom is 0.124 e. The Labute approximate surface area is 72.9 Å². The number of hydrogen-bond donors (Lipinski definition) is 1. The zero-order valence-electron chi connectivity index (χ0n) is 7.38. The van der Waals surface area contributed by atoms with Gasteiger partial charge in [0.15, 0.2) is 0 Å². The molecule has 0 spiro atoms. The number of aliphatic hydroxyl groups excluding tert-OH is 1. The first-order valence-corrected chi connectivity index (χ1v) is 5.17. The minimum Gasteiger partial charge on any atom is -0.390 e. The molecule has 0 amide bonds. The molecule has 0 aromatic carbocycles. The van der Waals surface area contributed by atoms with Gasteiger partial charge in [-0.15, -0.1) is 0 Å². The molecule has 3 unspecified atom stereocenters. The van der Waals surface area contributed by atoms with Crippen LogP contribution in [0.4, 0.5) is 0 Å². The van der Waals surface area contributed by atoms with E-state index in [-0.39, 0.29) is 17.3 Å². The molecule has 2 aliphatic carbocycles. The van der Waals surface area contributed by atoms with Crippen LogP contribution in [0.5, 0.6) is 0 Å². The molecule has 2 saturated carbocycles. The van der Waals surface area contributed by atoms with Gasteiger partial charge in [0.2, 0.25) is 0 Å². The van der Waals surface area contributed by atoms with Crippen molar-refractivity contribution < 1.29 is 9.84 Å². The number of rotatable bonds is 0. The molecule has 1 saturated heterocycles. The number of epoxide rings is 1. The van der Waals surface area contributed by atoms with Gasteiger partial charge in [0.1, 0.15) is 11.2 Å². The molecule has 3 atom stereocenters. The van der Waals surface area contributed by atoms with Crippen molar-refractivity contribution in [3.8, 4) is 0 Å². The zero-order chi connectivity index (χ0) is 8.23.